The summed E-state index contributed by atoms with van der Waals surface area (Å²) in [5, 5.41) is 7.06. The van der Waals surface area contributed by atoms with E-state index in [9.17, 15) is 0 Å². The monoisotopic (exact) mass is 815 g/mol. The Kier molecular flexibility index (Phi) is 9.20. The molecule has 0 fully saturated rings. The molecule has 11 aromatic carbocycles. The molecular formula is C62H41NO. The minimum Gasteiger partial charge on any atom is -0.455 e. The third kappa shape index (κ3) is 6.52. The van der Waals surface area contributed by atoms with E-state index in [1.54, 1.807) is 0 Å². The third-order valence-corrected chi connectivity index (χ3v) is 12.7. The van der Waals surface area contributed by atoms with Crippen molar-refractivity contribution in [2.75, 3.05) is 4.90 Å². The van der Waals surface area contributed by atoms with Crippen LogP contribution in [0.1, 0.15) is 0 Å². The summed E-state index contributed by atoms with van der Waals surface area (Å²) in [6, 6.07) is 89.3. The van der Waals surface area contributed by atoms with Crippen molar-refractivity contribution in [1.82, 2.24) is 0 Å². The van der Waals surface area contributed by atoms with Gasteiger partial charge < -0.3 is 9.32 Å². The zero-order valence-electron chi connectivity index (χ0n) is 35.0. The van der Waals surface area contributed by atoms with Gasteiger partial charge in [-0.15, -0.1) is 0 Å². The van der Waals surface area contributed by atoms with Gasteiger partial charge in [0.05, 0.1) is 0 Å². The number of hydrogen-bond acceptors (Lipinski definition) is 2. The number of benzene rings is 11. The molecule has 0 atom stereocenters. The molecule has 2 heteroatoms. The quantitative estimate of drug-likeness (QED) is 0.142. The second-order valence-electron chi connectivity index (χ2n) is 16.4. The number of furan rings is 1. The predicted molar refractivity (Wildman–Crippen MR) is 271 cm³/mol. The lowest BCUT2D eigenvalue weighted by molar-refractivity contribution is 0.674. The number of anilines is 3. The van der Waals surface area contributed by atoms with Gasteiger partial charge in [0.2, 0.25) is 0 Å². The Labute approximate surface area is 372 Å². The number of rotatable bonds is 8. The van der Waals surface area contributed by atoms with Crippen molar-refractivity contribution in [3.05, 3.63) is 249 Å². The second-order valence-corrected chi connectivity index (χ2v) is 16.4. The van der Waals surface area contributed by atoms with Crippen LogP contribution in [0.5, 0.6) is 0 Å². The minimum absolute atomic E-state index is 0.911. The molecule has 0 aliphatic carbocycles. The Bertz CT molecular complexity index is 3510. The lowest BCUT2D eigenvalue weighted by Crippen LogP contribution is -2.09. The van der Waals surface area contributed by atoms with E-state index >= 15 is 0 Å². The highest BCUT2D eigenvalue weighted by Crippen LogP contribution is 2.47. The summed E-state index contributed by atoms with van der Waals surface area (Å²) in [7, 11) is 0. The van der Waals surface area contributed by atoms with Crippen LogP contribution in [0.2, 0.25) is 0 Å². The zero-order valence-corrected chi connectivity index (χ0v) is 35.0. The van der Waals surface area contributed by atoms with Gasteiger partial charge in [-0.2, -0.15) is 0 Å². The van der Waals surface area contributed by atoms with Crippen molar-refractivity contribution < 1.29 is 4.42 Å². The maximum Gasteiger partial charge on any atom is 0.143 e. The van der Waals surface area contributed by atoms with Gasteiger partial charge in [0.15, 0.2) is 0 Å². The fraction of sp³-hybridized carbons (Fsp3) is 0. The highest BCUT2D eigenvalue weighted by Gasteiger charge is 2.22. The van der Waals surface area contributed by atoms with Crippen molar-refractivity contribution in [3.63, 3.8) is 0 Å². The van der Waals surface area contributed by atoms with Gasteiger partial charge in [-0.05, 0) is 109 Å². The fourth-order valence-corrected chi connectivity index (χ4v) is 9.55. The van der Waals surface area contributed by atoms with E-state index in [4.69, 9.17) is 4.42 Å². The molecule has 0 aliphatic rings. The first-order chi connectivity index (χ1) is 31.7. The Hall–Kier alpha value is -8.46. The summed E-state index contributed by atoms with van der Waals surface area (Å²) < 4.78 is 7.06. The standard InChI is InChI=1S/C62H41NO/c1-4-14-42(15-5-1)45-28-34-50(35-29-45)63(51-36-30-46(31-37-51)43-16-6-2-7-17-43)52-38-32-47(33-39-52)44-24-26-49(27-25-44)53-40-41-54(48-18-8-3-9-19-48)61-59(53)60-57-22-12-10-20-55(57)56-21-11-13-23-58(56)62(60)64-61/h1-41H. The number of nitrogens with zero attached hydrogens (tertiary/aromatic N) is 1. The van der Waals surface area contributed by atoms with Crippen LogP contribution in [0.15, 0.2) is 253 Å². The Morgan fingerprint density at radius 2 is 0.547 bits per heavy atom. The molecule has 64 heavy (non-hydrogen) atoms. The Balaban J connectivity index is 0.931. The van der Waals surface area contributed by atoms with Crippen LogP contribution in [0.3, 0.4) is 0 Å². The van der Waals surface area contributed by atoms with Gasteiger partial charge in [-0.3, -0.25) is 0 Å². The molecular weight excluding hydrogens is 775 g/mol. The van der Waals surface area contributed by atoms with Crippen LogP contribution in [0.25, 0.3) is 99.1 Å². The maximum absolute atomic E-state index is 7.06. The van der Waals surface area contributed by atoms with Crippen LogP contribution in [-0.2, 0) is 0 Å². The topological polar surface area (TPSA) is 16.4 Å². The van der Waals surface area contributed by atoms with Gasteiger partial charge in [0, 0.05) is 38.8 Å². The van der Waals surface area contributed by atoms with Crippen LogP contribution in [0.4, 0.5) is 17.1 Å². The average molecular weight is 816 g/mol. The van der Waals surface area contributed by atoms with E-state index in [2.05, 4.69) is 254 Å². The minimum atomic E-state index is 0.911. The summed E-state index contributed by atoms with van der Waals surface area (Å²) in [5.74, 6) is 0. The molecule has 0 saturated carbocycles. The van der Waals surface area contributed by atoms with Gasteiger partial charge in [-0.25, -0.2) is 0 Å². The van der Waals surface area contributed by atoms with E-state index < -0.39 is 0 Å². The molecule has 12 aromatic rings. The summed E-state index contributed by atoms with van der Waals surface area (Å²) in [5.41, 5.74) is 16.8. The first-order valence-corrected chi connectivity index (χ1v) is 21.9. The van der Waals surface area contributed by atoms with Crippen molar-refractivity contribution in [2.45, 2.75) is 0 Å². The lowest BCUT2D eigenvalue weighted by Gasteiger charge is -2.26. The van der Waals surface area contributed by atoms with Crippen LogP contribution in [0, 0.1) is 0 Å². The van der Waals surface area contributed by atoms with Crippen LogP contribution >= 0.6 is 0 Å². The highest BCUT2D eigenvalue weighted by atomic mass is 16.3. The Morgan fingerprint density at radius 3 is 1.03 bits per heavy atom. The molecule has 0 saturated heterocycles. The first kappa shape index (κ1) is 37.3. The molecule has 2 nitrogen and oxygen atoms in total. The molecule has 0 unspecified atom stereocenters. The van der Waals surface area contributed by atoms with Crippen molar-refractivity contribution >= 4 is 60.5 Å². The normalized spacial score (nSPS) is 11.4. The fourth-order valence-electron chi connectivity index (χ4n) is 9.55. The maximum atomic E-state index is 7.06. The summed E-state index contributed by atoms with van der Waals surface area (Å²) >= 11 is 0. The molecule has 12 rings (SSSR count). The van der Waals surface area contributed by atoms with Crippen molar-refractivity contribution in [1.29, 1.82) is 0 Å². The van der Waals surface area contributed by atoms with Gasteiger partial charge in [0.1, 0.15) is 11.2 Å². The van der Waals surface area contributed by atoms with E-state index in [0.29, 0.717) is 0 Å². The number of hydrogen-bond donors (Lipinski definition) is 0. The van der Waals surface area contributed by atoms with Crippen LogP contribution < -0.4 is 4.90 Å². The summed E-state index contributed by atoms with van der Waals surface area (Å²) in [6.45, 7) is 0. The summed E-state index contributed by atoms with van der Waals surface area (Å²) in [4.78, 5) is 2.34. The third-order valence-electron chi connectivity index (χ3n) is 12.7. The Morgan fingerprint density at radius 1 is 0.219 bits per heavy atom. The van der Waals surface area contributed by atoms with Gasteiger partial charge in [-0.1, -0.05) is 206 Å². The highest BCUT2D eigenvalue weighted by molar-refractivity contribution is 6.33. The molecule has 0 spiro atoms. The molecule has 0 aliphatic heterocycles. The van der Waals surface area contributed by atoms with Crippen molar-refractivity contribution in [3.8, 4) is 55.6 Å². The summed E-state index contributed by atoms with van der Waals surface area (Å²) in [6.07, 6.45) is 0. The largest absolute Gasteiger partial charge is 0.455 e. The number of fused-ring (bicyclic) bond motifs is 8. The predicted octanol–water partition coefficient (Wildman–Crippen LogP) is 17.7. The molecule has 1 heterocycles. The average Bonchev–Trinajstić information content (AvgIpc) is 3.79. The SMILES string of the molecule is c1ccc(-c2ccc(N(c3ccc(-c4ccccc4)cc3)c3ccc(-c4ccc(-c5ccc(-c6ccccc6)c6oc7c8ccccc8c8ccccc8c7c56)cc4)cc3)cc2)cc1. The lowest BCUT2D eigenvalue weighted by atomic mass is 9.91. The molecule has 0 bridgehead atoms. The molecule has 0 radical (unpaired) electrons. The molecule has 0 amide bonds. The smallest absolute Gasteiger partial charge is 0.143 e. The van der Waals surface area contributed by atoms with E-state index in [1.807, 2.05) is 0 Å². The van der Waals surface area contributed by atoms with E-state index in [0.717, 1.165) is 77.8 Å². The second kappa shape index (κ2) is 15.8. The first-order valence-electron chi connectivity index (χ1n) is 21.9. The van der Waals surface area contributed by atoms with Gasteiger partial charge >= 0.3 is 0 Å². The van der Waals surface area contributed by atoms with E-state index in [1.165, 1.54) is 38.4 Å². The van der Waals surface area contributed by atoms with E-state index in [-0.39, 0.29) is 0 Å². The molecule has 300 valence electrons. The van der Waals surface area contributed by atoms with Crippen LogP contribution in [-0.4, -0.2) is 0 Å². The van der Waals surface area contributed by atoms with Crippen molar-refractivity contribution in [2.24, 2.45) is 0 Å². The molecule has 1 aromatic heterocycles. The zero-order chi connectivity index (χ0) is 42.4. The molecule has 0 N–H and O–H groups in total. The van der Waals surface area contributed by atoms with Gasteiger partial charge in [0.25, 0.3) is 0 Å².